The van der Waals surface area contributed by atoms with Crippen molar-refractivity contribution in [2.75, 3.05) is 15.5 Å². The molecule has 32 heavy (non-hydrogen) atoms. The van der Waals surface area contributed by atoms with Gasteiger partial charge in [0.1, 0.15) is 11.8 Å². The number of hydrogen-bond donors (Lipinski definition) is 2. The first-order chi connectivity index (χ1) is 15.5. The van der Waals surface area contributed by atoms with Gasteiger partial charge in [-0.05, 0) is 74.2 Å². The Bertz CT molecular complexity index is 1210. The van der Waals surface area contributed by atoms with Crippen molar-refractivity contribution in [1.82, 2.24) is 0 Å². The second-order valence-corrected chi connectivity index (χ2v) is 8.41. The summed E-state index contributed by atoms with van der Waals surface area (Å²) in [5, 5.41) is 6.49. The molecule has 2 aromatic carbocycles. The summed E-state index contributed by atoms with van der Waals surface area (Å²) in [5.41, 5.74) is 5.78. The Balaban J connectivity index is 1.67. The molecule has 0 spiro atoms. The number of benzene rings is 2. The van der Waals surface area contributed by atoms with Crippen LogP contribution in [-0.4, -0.2) is 11.8 Å². The maximum atomic E-state index is 13.8. The predicted molar refractivity (Wildman–Crippen MR) is 125 cm³/mol. The number of hydrogen-bond acceptors (Lipinski definition) is 4. The number of nitrogens with one attached hydrogen (secondary N) is 2. The zero-order valence-corrected chi connectivity index (χ0v) is 18.1. The number of carbonyl (C=O) groups excluding carboxylic acids is 2. The van der Waals surface area contributed by atoms with Gasteiger partial charge in [-0.2, -0.15) is 0 Å². The molecule has 1 aliphatic heterocycles. The van der Waals surface area contributed by atoms with Crippen LogP contribution < -0.4 is 15.5 Å². The van der Waals surface area contributed by atoms with E-state index in [1.165, 1.54) is 0 Å². The van der Waals surface area contributed by atoms with Gasteiger partial charge in [-0.3, -0.25) is 9.69 Å². The summed E-state index contributed by atoms with van der Waals surface area (Å²) in [4.78, 5) is 28.6. The van der Waals surface area contributed by atoms with Crippen molar-refractivity contribution in [3.8, 4) is 0 Å². The van der Waals surface area contributed by atoms with Crippen molar-refractivity contribution < 1.29 is 14.0 Å². The van der Waals surface area contributed by atoms with Gasteiger partial charge in [0, 0.05) is 23.4 Å². The van der Waals surface area contributed by atoms with Crippen LogP contribution in [-0.2, 0) is 4.79 Å². The lowest BCUT2D eigenvalue weighted by Crippen LogP contribution is -2.40. The van der Waals surface area contributed by atoms with Crippen molar-refractivity contribution in [2.45, 2.75) is 39.2 Å². The molecule has 1 aromatic heterocycles. The maximum absolute atomic E-state index is 13.8. The number of para-hydroxylation sites is 2. The van der Waals surface area contributed by atoms with Crippen LogP contribution in [0.1, 0.15) is 42.2 Å². The summed E-state index contributed by atoms with van der Waals surface area (Å²) in [7, 11) is 0. The first-order valence-electron chi connectivity index (χ1n) is 10.9. The molecule has 0 saturated carbocycles. The summed E-state index contributed by atoms with van der Waals surface area (Å²) in [6.07, 6.45) is 3.57. The topological polar surface area (TPSA) is 74.6 Å². The largest absolute Gasteiger partial charge is 0.467 e. The van der Waals surface area contributed by atoms with E-state index in [-0.39, 0.29) is 11.8 Å². The summed E-state index contributed by atoms with van der Waals surface area (Å²) in [5.74, 6) is 0.596. The van der Waals surface area contributed by atoms with Crippen molar-refractivity contribution in [3.63, 3.8) is 0 Å². The summed E-state index contributed by atoms with van der Waals surface area (Å²) in [6, 6.07) is 16.2. The number of allylic oxidation sites excluding steroid dienone is 1. The average Bonchev–Trinajstić information content (AvgIpc) is 3.22. The highest BCUT2D eigenvalue weighted by Gasteiger charge is 2.41. The molecule has 2 N–H and O–H groups in total. The van der Waals surface area contributed by atoms with Crippen LogP contribution in [0.5, 0.6) is 0 Å². The van der Waals surface area contributed by atoms with Gasteiger partial charge in [-0.25, -0.2) is 4.79 Å². The number of rotatable bonds is 2. The van der Waals surface area contributed by atoms with Gasteiger partial charge < -0.3 is 15.1 Å². The number of amides is 2. The lowest BCUT2D eigenvalue weighted by atomic mass is 9.88. The average molecular weight is 428 g/mol. The van der Waals surface area contributed by atoms with Crippen LogP contribution in [0.15, 0.2) is 76.5 Å². The number of Topliss-reactive ketones (excluding diaryl/α,β-unsaturated/α-hetero) is 1. The molecule has 162 valence electrons. The van der Waals surface area contributed by atoms with Crippen LogP contribution >= 0.6 is 0 Å². The molecule has 6 heteroatoms. The van der Waals surface area contributed by atoms with Crippen LogP contribution in [0, 0.1) is 13.8 Å². The predicted octanol–water partition coefficient (Wildman–Crippen LogP) is 6.11. The van der Waals surface area contributed by atoms with Crippen molar-refractivity contribution in [1.29, 1.82) is 0 Å². The quantitative estimate of drug-likeness (QED) is 0.517. The second kappa shape index (κ2) is 8.04. The number of urea groups is 1. The highest BCUT2D eigenvalue weighted by atomic mass is 16.3. The highest BCUT2D eigenvalue weighted by molar-refractivity contribution is 6.09. The summed E-state index contributed by atoms with van der Waals surface area (Å²) < 4.78 is 5.77. The first kappa shape index (κ1) is 20.1. The number of nitrogens with zero attached hydrogens (tertiary/aromatic N) is 1. The van der Waals surface area contributed by atoms with E-state index in [1.807, 2.05) is 56.3 Å². The number of anilines is 3. The van der Waals surface area contributed by atoms with Gasteiger partial charge in [0.2, 0.25) is 0 Å². The summed E-state index contributed by atoms with van der Waals surface area (Å²) >= 11 is 0. The van der Waals surface area contributed by atoms with Crippen LogP contribution in [0.25, 0.3) is 0 Å². The van der Waals surface area contributed by atoms with Crippen LogP contribution in [0.2, 0.25) is 0 Å². The zero-order valence-electron chi connectivity index (χ0n) is 18.1. The van der Waals surface area contributed by atoms with E-state index in [2.05, 4.69) is 16.7 Å². The minimum atomic E-state index is -0.658. The molecule has 0 unspecified atom stereocenters. The molecule has 1 aliphatic carbocycles. The second-order valence-electron chi connectivity index (χ2n) is 8.41. The molecule has 5 rings (SSSR count). The third kappa shape index (κ3) is 3.58. The molecular formula is C26H25N3O3. The Kier molecular flexibility index (Phi) is 5.05. The van der Waals surface area contributed by atoms with E-state index in [4.69, 9.17) is 4.42 Å². The first-order valence-corrected chi connectivity index (χ1v) is 10.9. The summed E-state index contributed by atoms with van der Waals surface area (Å²) in [6.45, 7) is 3.99. The third-order valence-electron chi connectivity index (χ3n) is 5.94. The van der Waals surface area contributed by atoms with Gasteiger partial charge >= 0.3 is 6.03 Å². The fourth-order valence-corrected chi connectivity index (χ4v) is 4.70. The number of fused-ring (bicyclic) bond motifs is 1. The smallest absolute Gasteiger partial charge is 0.327 e. The van der Waals surface area contributed by atoms with E-state index in [9.17, 15) is 9.59 Å². The van der Waals surface area contributed by atoms with Gasteiger partial charge in [-0.1, -0.05) is 18.2 Å². The molecule has 2 aliphatic rings. The molecule has 1 atom stereocenters. The minimum Gasteiger partial charge on any atom is -0.467 e. The number of ketones is 1. The van der Waals surface area contributed by atoms with Crippen LogP contribution in [0.4, 0.5) is 21.9 Å². The van der Waals surface area contributed by atoms with Crippen molar-refractivity contribution >= 4 is 28.9 Å². The standard InChI is InChI=1S/C26H25N3O3/c1-16-13-17(2)15-18(14-16)27-26(31)29-21-9-4-3-7-19(21)28-20-8-5-10-22(30)24(20)25(29)23-11-6-12-32-23/h3-4,6-7,9,11-15,25,28H,5,8,10H2,1-2H3,(H,27,31)/t25-/m0/s1. The molecule has 0 saturated heterocycles. The maximum Gasteiger partial charge on any atom is 0.327 e. The normalized spacial score (nSPS) is 17.9. The Hall–Kier alpha value is -3.80. The highest BCUT2D eigenvalue weighted by Crippen LogP contribution is 2.45. The molecule has 3 aromatic rings. The molecular weight excluding hydrogens is 402 g/mol. The molecule has 2 amide bonds. The van der Waals surface area contributed by atoms with Crippen LogP contribution in [0.3, 0.4) is 0 Å². The number of carbonyl (C=O) groups is 2. The van der Waals surface area contributed by atoms with E-state index in [0.717, 1.165) is 35.4 Å². The van der Waals surface area contributed by atoms with Gasteiger partial charge in [0.05, 0.1) is 17.6 Å². The number of aryl methyl sites for hydroxylation is 2. The Labute approximate surface area is 186 Å². The molecule has 2 heterocycles. The molecule has 0 radical (unpaired) electrons. The monoisotopic (exact) mass is 427 g/mol. The lowest BCUT2D eigenvalue weighted by Gasteiger charge is -2.32. The lowest BCUT2D eigenvalue weighted by molar-refractivity contribution is -0.116. The Morgan fingerprint density at radius 2 is 1.84 bits per heavy atom. The number of furan rings is 1. The minimum absolute atomic E-state index is 0.0390. The van der Waals surface area contributed by atoms with Crippen molar-refractivity contribution in [3.05, 3.63) is 89.0 Å². The SMILES string of the molecule is Cc1cc(C)cc(NC(=O)N2c3ccccc3NC3=C(C(=O)CCC3)[C@@H]2c2ccco2)c1. The molecule has 0 bridgehead atoms. The van der Waals surface area contributed by atoms with Gasteiger partial charge in [0.25, 0.3) is 0 Å². The van der Waals surface area contributed by atoms with E-state index < -0.39 is 6.04 Å². The van der Waals surface area contributed by atoms with E-state index >= 15 is 0 Å². The fourth-order valence-electron chi connectivity index (χ4n) is 4.70. The Morgan fingerprint density at radius 1 is 1.06 bits per heavy atom. The van der Waals surface area contributed by atoms with Crippen molar-refractivity contribution in [2.24, 2.45) is 0 Å². The van der Waals surface area contributed by atoms with Gasteiger partial charge in [-0.15, -0.1) is 0 Å². The van der Waals surface area contributed by atoms with E-state index in [1.54, 1.807) is 17.2 Å². The third-order valence-corrected chi connectivity index (χ3v) is 5.94. The van der Waals surface area contributed by atoms with E-state index in [0.29, 0.717) is 29.1 Å². The molecule has 0 fully saturated rings. The Morgan fingerprint density at radius 3 is 2.59 bits per heavy atom. The zero-order chi connectivity index (χ0) is 22.2. The van der Waals surface area contributed by atoms with Gasteiger partial charge in [0.15, 0.2) is 5.78 Å². The molecule has 6 nitrogen and oxygen atoms in total. The fraction of sp³-hybridized carbons (Fsp3) is 0.231.